The first-order chi connectivity index (χ1) is 8.97. The Bertz CT molecular complexity index is 654. The Kier molecular flexibility index (Phi) is 2.87. The van der Waals surface area contributed by atoms with Crippen LogP contribution in [0, 0.1) is 0 Å². The van der Waals surface area contributed by atoms with Crippen molar-refractivity contribution in [1.29, 1.82) is 0 Å². The standard InChI is InChI=1S/C14H16ClN3O/c1-14(2,19)9-3-4-10(7-9)18-6-5-11-12(15)16-8-17-13(11)18/h5-8,10,19H,3-4H2,1-2H3. The highest BCUT2D eigenvalue weighted by Gasteiger charge is 2.27. The van der Waals surface area contributed by atoms with Crippen LogP contribution in [0.3, 0.4) is 0 Å². The van der Waals surface area contributed by atoms with Crippen molar-refractivity contribution >= 4 is 22.6 Å². The zero-order valence-corrected chi connectivity index (χ0v) is 11.7. The van der Waals surface area contributed by atoms with Crippen molar-refractivity contribution in [2.24, 2.45) is 0 Å². The zero-order valence-electron chi connectivity index (χ0n) is 11.0. The fourth-order valence-electron chi connectivity index (χ4n) is 2.64. The minimum Gasteiger partial charge on any atom is -0.386 e. The van der Waals surface area contributed by atoms with Crippen molar-refractivity contribution in [3.63, 3.8) is 0 Å². The topological polar surface area (TPSA) is 50.9 Å². The van der Waals surface area contributed by atoms with Crippen molar-refractivity contribution in [2.45, 2.75) is 38.3 Å². The smallest absolute Gasteiger partial charge is 0.145 e. The average Bonchev–Trinajstić information content (AvgIpc) is 2.93. The molecule has 0 aliphatic heterocycles. The van der Waals surface area contributed by atoms with Gasteiger partial charge in [-0.15, -0.1) is 0 Å². The zero-order chi connectivity index (χ0) is 13.6. The van der Waals surface area contributed by atoms with Crippen molar-refractivity contribution in [1.82, 2.24) is 14.5 Å². The largest absolute Gasteiger partial charge is 0.386 e. The number of nitrogens with zero attached hydrogens (tertiary/aromatic N) is 3. The molecular weight excluding hydrogens is 262 g/mol. The summed E-state index contributed by atoms with van der Waals surface area (Å²) in [5.74, 6) is 0. The maximum absolute atomic E-state index is 10.1. The molecule has 3 rings (SSSR count). The Labute approximate surface area is 116 Å². The van der Waals surface area contributed by atoms with Crippen LogP contribution in [0.15, 0.2) is 30.2 Å². The molecule has 0 spiro atoms. The summed E-state index contributed by atoms with van der Waals surface area (Å²) in [6.45, 7) is 3.65. The number of fused-ring (bicyclic) bond motifs is 1. The Hall–Kier alpha value is -1.39. The van der Waals surface area contributed by atoms with E-state index >= 15 is 0 Å². The monoisotopic (exact) mass is 277 g/mol. The minimum atomic E-state index is -0.746. The maximum Gasteiger partial charge on any atom is 0.145 e. The number of aromatic nitrogens is 3. The second-order valence-electron chi connectivity index (χ2n) is 5.48. The summed E-state index contributed by atoms with van der Waals surface area (Å²) < 4.78 is 2.10. The quantitative estimate of drug-likeness (QED) is 0.678. The van der Waals surface area contributed by atoms with Gasteiger partial charge in [0.2, 0.25) is 0 Å². The van der Waals surface area contributed by atoms with E-state index in [-0.39, 0.29) is 6.04 Å². The highest BCUT2D eigenvalue weighted by atomic mass is 35.5. The van der Waals surface area contributed by atoms with E-state index < -0.39 is 5.60 Å². The predicted octanol–water partition coefficient (Wildman–Crippen LogP) is 3.12. The molecule has 0 aromatic carbocycles. The maximum atomic E-state index is 10.1. The van der Waals surface area contributed by atoms with Gasteiger partial charge in [-0.05, 0) is 38.3 Å². The molecular formula is C14H16ClN3O. The van der Waals surface area contributed by atoms with Gasteiger partial charge >= 0.3 is 0 Å². The van der Waals surface area contributed by atoms with E-state index in [2.05, 4.69) is 20.6 Å². The van der Waals surface area contributed by atoms with Crippen LogP contribution in [0.25, 0.3) is 11.0 Å². The third-order valence-corrected chi connectivity index (χ3v) is 4.01. The lowest BCUT2D eigenvalue weighted by atomic mass is 9.98. The number of hydrogen-bond acceptors (Lipinski definition) is 3. The number of rotatable bonds is 2. The first-order valence-corrected chi connectivity index (χ1v) is 6.75. The molecule has 0 saturated carbocycles. The first kappa shape index (κ1) is 12.6. The fraction of sp³-hybridized carbons (Fsp3) is 0.429. The molecule has 100 valence electrons. The van der Waals surface area contributed by atoms with E-state index in [1.54, 1.807) is 0 Å². The Morgan fingerprint density at radius 2 is 2.21 bits per heavy atom. The summed E-state index contributed by atoms with van der Waals surface area (Å²) in [6.07, 6.45) is 7.49. The molecule has 0 amide bonds. The highest BCUT2D eigenvalue weighted by molar-refractivity contribution is 6.33. The summed E-state index contributed by atoms with van der Waals surface area (Å²) in [6, 6.07) is 2.16. The van der Waals surface area contributed by atoms with Crippen molar-refractivity contribution in [3.8, 4) is 0 Å². The normalized spacial score (nSPS) is 20.0. The number of aliphatic hydroxyl groups is 1. The van der Waals surface area contributed by atoms with Gasteiger partial charge in [-0.3, -0.25) is 0 Å². The fourth-order valence-corrected chi connectivity index (χ4v) is 2.83. The van der Waals surface area contributed by atoms with Crippen LogP contribution >= 0.6 is 11.6 Å². The summed E-state index contributed by atoms with van der Waals surface area (Å²) in [5, 5.41) is 11.4. The molecule has 19 heavy (non-hydrogen) atoms. The second-order valence-corrected chi connectivity index (χ2v) is 5.84. The van der Waals surface area contributed by atoms with E-state index in [1.807, 2.05) is 26.1 Å². The molecule has 2 aromatic rings. The summed E-state index contributed by atoms with van der Waals surface area (Å²) >= 11 is 6.06. The van der Waals surface area contributed by atoms with Crippen LogP contribution in [0.2, 0.25) is 5.15 Å². The van der Waals surface area contributed by atoms with Crippen molar-refractivity contribution in [2.75, 3.05) is 0 Å². The van der Waals surface area contributed by atoms with Crippen LogP contribution in [-0.2, 0) is 0 Å². The van der Waals surface area contributed by atoms with Crippen LogP contribution in [0.4, 0.5) is 0 Å². The molecule has 0 radical (unpaired) electrons. The van der Waals surface area contributed by atoms with Crippen LogP contribution in [-0.4, -0.2) is 25.2 Å². The molecule has 4 nitrogen and oxygen atoms in total. The SMILES string of the molecule is CC(C)(O)C1=CC(n2ccc3c(Cl)ncnc32)CC1. The Morgan fingerprint density at radius 3 is 2.89 bits per heavy atom. The van der Waals surface area contributed by atoms with Gasteiger partial charge < -0.3 is 9.67 Å². The third-order valence-electron chi connectivity index (χ3n) is 3.71. The molecule has 1 aliphatic rings. The molecule has 1 aliphatic carbocycles. The van der Waals surface area contributed by atoms with Gasteiger partial charge in [0, 0.05) is 6.20 Å². The summed E-state index contributed by atoms with van der Waals surface area (Å²) in [4.78, 5) is 8.30. The molecule has 2 aromatic heterocycles. The van der Waals surface area contributed by atoms with E-state index in [0.29, 0.717) is 5.15 Å². The second kappa shape index (κ2) is 4.32. The summed E-state index contributed by atoms with van der Waals surface area (Å²) in [7, 11) is 0. The lowest BCUT2D eigenvalue weighted by Crippen LogP contribution is -2.20. The lowest BCUT2D eigenvalue weighted by Gasteiger charge is -2.18. The number of halogens is 1. The van der Waals surface area contributed by atoms with Crippen LogP contribution in [0.1, 0.15) is 32.7 Å². The molecule has 1 N–H and O–H groups in total. The molecule has 0 fully saturated rings. The van der Waals surface area contributed by atoms with Gasteiger partial charge in [0.15, 0.2) is 0 Å². The highest BCUT2D eigenvalue weighted by Crippen LogP contribution is 2.36. The Balaban J connectivity index is 2.03. The van der Waals surface area contributed by atoms with E-state index in [1.165, 1.54) is 6.33 Å². The minimum absolute atomic E-state index is 0.227. The molecule has 0 saturated heterocycles. The van der Waals surface area contributed by atoms with Gasteiger partial charge in [-0.2, -0.15) is 0 Å². The van der Waals surface area contributed by atoms with Gasteiger partial charge in [0.05, 0.1) is 17.0 Å². The van der Waals surface area contributed by atoms with Crippen molar-refractivity contribution < 1.29 is 5.11 Å². The van der Waals surface area contributed by atoms with E-state index in [9.17, 15) is 5.11 Å². The third kappa shape index (κ3) is 2.15. The molecule has 0 bridgehead atoms. The Morgan fingerprint density at radius 1 is 1.42 bits per heavy atom. The van der Waals surface area contributed by atoms with Gasteiger partial charge in [0.1, 0.15) is 17.1 Å². The number of hydrogen-bond donors (Lipinski definition) is 1. The van der Waals surface area contributed by atoms with Crippen molar-refractivity contribution in [3.05, 3.63) is 35.4 Å². The van der Waals surface area contributed by atoms with Gasteiger partial charge in [0.25, 0.3) is 0 Å². The van der Waals surface area contributed by atoms with E-state index in [0.717, 1.165) is 29.4 Å². The molecule has 2 heterocycles. The lowest BCUT2D eigenvalue weighted by molar-refractivity contribution is 0.117. The van der Waals surface area contributed by atoms with E-state index in [4.69, 9.17) is 11.6 Å². The summed E-state index contributed by atoms with van der Waals surface area (Å²) in [5.41, 5.74) is 1.18. The van der Waals surface area contributed by atoms with Gasteiger partial charge in [-0.25, -0.2) is 9.97 Å². The predicted molar refractivity (Wildman–Crippen MR) is 75.2 cm³/mol. The first-order valence-electron chi connectivity index (χ1n) is 6.37. The van der Waals surface area contributed by atoms with Gasteiger partial charge in [-0.1, -0.05) is 17.7 Å². The molecule has 1 atom stereocenters. The molecule has 1 unspecified atom stereocenters. The van der Waals surface area contributed by atoms with Crippen LogP contribution in [0.5, 0.6) is 0 Å². The molecule has 5 heteroatoms. The average molecular weight is 278 g/mol. The number of allylic oxidation sites excluding steroid dienone is 1. The van der Waals surface area contributed by atoms with Crippen LogP contribution < -0.4 is 0 Å².